The van der Waals surface area contributed by atoms with E-state index in [1.54, 1.807) is 6.92 Å². The predicted molar refractivity (Wildman–Crippen MR) is 95.5 cm³/mol. The van der Waals surface area contributed by atoms with Gasteiger partial charge in [-0.2, -0.15) is 13.2 Å². The first-order valence-electron chi connectivity index (χ1n) is 8.33. The molecule has 2 rings (SSSR count). The Morgan fingerprint density at radius 2 is 1.70 bits per heavy atom. The molecule has 8 heteroatoms. The Balaban J connectivity index is 2.24. The molecule has 0 aliphatic heterocycles. The number of rotatable bonds is 3. The molecule has 1 N–H and O–H groups in total. The van der Waals surface area contributed by atoms with Crippen LogP contribution in [0.2, 0.25) is 0 Å². The lowest BCUT2D eigenvalue weighted by Gasteiger charge is -2.21. The molecular weight excluding hydrogens is 359 g/mol. The number of carbonyl (C=O) groups is 1. The van der Waals surface area contributed by atoms with E-state index in [0.29, 0.717) is 17.1 Å². The molecule has 0 atom stereocenters. The first kappa shape index (κ1) is 20.7. The van der Waals surface area contributed by atoms with Crippen LogP contribution in [0, 0.1) is 6.92 Å². The maximum Gasteiger partial charge on any atom is 0.416 e. The van der Waals surface area contributed by atoms with Gasteiger partial charge in [0.15, 0.2) is 0 Å². The summed E-state index contributed by atoms with van der Waals surface area (Å²) >= 11 is 0. The van der Waals surface area contributed by atoms with Crippen molar-refractivity contribution >= 4 is 5.91 Å². The van der Waals surface area contributed by atoms with E-state index in [4.69, 9.17) is 0 Å². The van der Waals surface area contributed by atoms with Crippen molar-refractivity contribution in [3.63, 3.8) is 0 Å². The quantitative estimate of drug-likeness (QED) is 0.882. The van der Waals surface area contributed by atoms with E-state index in [0.717, 1.165) is 12.1 Å². The van der Waals surface area contributed by atoms with Crippen LogP contribution in [-0.2, 0) is 18.1 Å². The smallest absolute Gasteiger partial charge is 0.337 e. The zero-order valence-electron chi connectivity index (χ0n) is 15.9. The molecule has 0 saturated heterocycles. The molecule has 5 nitrogen and oxygen atoms in total. The predicted octanol–water partition coefficient (Wildman–Crippen LogP) is 3.67. The minimum Gasteiger partial charge on any atom is -0.337 e. The number of hydrogen-bond acceptors (Lipinski definition) is 3. The molecule has 0 unspecified atom stereocenters. The summed E-state index contributed by atoms with van der Waals surface area (Å²) in [4.78, 5) is 33.3. The third kappa shape index (κ3) is 4.75. The fraction of sp³-hybridized carbons (Fsp3) is 0.421. The largest absolute Gasteiger partial charge is 0.416 e. The number of H-pyrrole nitrogens is 1. The van der Waals surface area contributed by atoms with E-state index in [9.17, 15) is 22.8 Å². The molecule has 2 aromatic rings. The maximum atomic E-state index is 12.7. The Kier molecular flexibility index (Phi) is 5.49. The lowest BCUT2D eigenvalue weighted by molar-refractivity contribution is -0.137. The summed E-state index contributed by atoms with van der Waals surface area (Å²) in [5, 5.41) is 0. The molecule has 0 saturated carbocycles. The van der Waals surface area contributed by atoms with Crippen molar-refractivity contribution in [3.8, 4) is 0 Å². The topological polar surface area (TPSA) is 66.1 Å². The average Bonchev–Trinajstić information content (AvgIpc) is 2.52. The van der Waals surface area contributed by atoms with Crippen molar-refractivity contribution in [2.75, 3.05) is 7.05 Å². The number of alkyl halides is 3. The molecule has 1 aromatic carbocycles. The van der Waals surface area contributed by atoms with Crippen molar-refractivity contribution in [2.24, 2.45) is 0 Å². The lowest BCUT2D eigenvalue weighted by Crippen LogP contribution is -2.34. The Labute approximate surface area is 155 Å². The minimum absolute atomic E-state index is 0.0663. The number of benzene rings is 1. The first-order valence-corrected chi connectivity index (χ1v) is 8.33. The summed E-state index contributed by atoms with van der Waals surface area (Å²) in [6.07, 6.45) is -4.41. The fourth-order valence-electron chi connectivity index (χ4n) is 2.53. The van der Waals surface area contributed by atoms with Crippen LogP contribution in [0.5, 0.6) is 0 Å². The van der Waals surface area contributed by atoms with Crippen LogP contribution in [0.15, 0.2) is 29.1 Å². The highest BCUT2D eigenvalue weighted by atomic mass is 19.4. The molecule has 0 radical (unpaired) electrons. The van der Waals surface area contributed by atoms with Gasteiger partial charge in [-0.05, 0) is 24.6 Å². The SMILES string of the molecule is Cc1nc(C(C)(C)C)[nH]c(=O)c1C(=O)N(C)Cc1ccc(C(F)(F)F)cc1. The molecule has 0 aliphatic carbocycles. The van der Waals surface area contributed by atoms with Gasteiger partial charge in [-0.25, -0.2) is 4.98 Å². The maximum absolute atomic E-state index is 12.7. The number of nitrogens with one attached hydrogen (secondary N) is 1. The van der Waals surface area contributed by atoms with E-state index in [-0.39, 0.29) is 17.5 Å². The fourth-order valence-corrected chi connectivity index (χ4v) is 2.53. The summed E-state index contributed by atoms with van der Waals surface area (Å²) in [5.74, 6) is -0.0615. The zero-order chi connectivity index (χ0) is 20.6. The van der Waals surface area contributed by atoms with Gasteiger partial charge in [0, 0.05) is 19.0 Å². The van der Waals surface area contributed by atoms with Gasteiger partial charge >= 0.3 is 6.18 Å². The average molecular weight is 381 g/mol. The standard InChI is InChI=1S/C19H22F3N3O2/c1-11-14(15(26)24-17(23-11)18(2,3)4)16(27)25(5)10-12-6-8-13(9-7-12)19(20,21)22/h6-9H,10H2,1-5H3,(H,23,24,26). The van der Waals surface area contributed by atoms with E-state index in [1.165, 1.54) is 24.1 Å². The minimum atomic E-state index is -4.41. The molecule has 0 spiro atoms. The van der Waals surface area contributed by atoms with Crippen LogP contribution in [0.3, 0.4) is 0 Å². The Morgan fingerprint density at radius 1 is 1.15 bits per heavy atom. The number of hydrogen-bond donors (Lipinski definition) is 1. The molecule has 0 bridgehead atoms. The molecule has 1 amide bonds. The van der Waals surface area contributed by atoms with E-state index >= 15 is 0 Å². The van der Waals surface area contributed by atoms with Crippen molar-refractivity contribution < 1.29 is 18.0 Å². The van der Waals surface area contributed by atoms with Crippen LogP contribution in [0.25, 0.3) is 0 Å². The van der Waals surface area contributed by atoms with Crippen LogP contribution in [0.4, 0.5) is 13.2 Å². The molecule has 0 fully saturated rings. The highest BCUT2D eigenvalue weighted by Crippen LogP contribution is 2.29. The molecule has 27 heavy (non-hydrogen) atoms. The highest BCUT2D eigenvalue weighted by Gasteiger charge is 2.30. The van der Waals surface area contributed by atoms with E-state index in [2.05, 4.69) is 9.97 Å². The van der Waals surface area contributed by atoms with Crippen molar-refractivity contribution in [1.82, 2.24) is 14.9 Å². The van der Waals surface area contributed by atoms with Crippen molar-refractivity contribution in [3.05, 3.63) is 62.8 Å². The Bertz CT molecular complexity index is 894. The Hall–Kier alpha value is -2.64. The van der Waals surface area contributed by atoms with Crippen LogP contribution in [-0.4, -0.2) is 27.8 Å². The number of nitrogens with zero attached hydrogens (tertiary/aromatic N) is 2. The summed E-state index contributed by atoms with van der Waals surface area (Å²) in [7, 11) is 1.48. The van der Waals surface area contributed by atoms with Crippen molar-refractivity contribution in [2.45, 2.75) is 45.8 Å². The Morgan fingerprint density at radius 3 is 2.15 bits per heavy atom. The van der Waals surface area contributed by atoms with Gasteiger partial charge in [0.25, 0.3) is 11.5 Å². The van der Waals surface area contributed by atoms with Crippen LogP contribution >= 0.6 is 0 Å². The summed E-state index contributed by atoms with van der Waals surface area (Å²) in [5.41, 5.74) is -0.902. The summed E-state index contributed by atoms with van der Waals surface area (Å²) < 4.78 is 37.9. The third-order valence-corrected chi connectivity index (χ3v) is 4.07. The second-order valence-electron chi connectivity index (χ2n) is 7.48. The number of aromatic amines is 1. The molecule has 1 aromatic heterocycles. The molecule has 0 aliphatic rings. The number of carbonyl (C=O) groups excluding carboxylic acids is 1. The first-order chi connectivity index (χ1) is 12.3. The van der Waals surface area contributed by atoms with Gasteiger partial charge < -0.3 is 9.88 Å². The van der Waals surface area contributed by atoms with Gasteiger partial charge in [0.2, 0.25) is 0 Å². The number of aryl methyl sites for hydroxylation is 1. The van der Waals surface area contributed by atoms with Gasteiger partial charge in [0.05, 0.1) is 11.3 Å². The van der Waals surface area contributed by atoms with Gasteiger partial charge in [0.1, 0.15) is 11.4 Å². The van der Waals surface area contributed by atoms with Gasteiger partial charge in [-0.3, -0.25) is 9.59 Å². The van der Waals surface area contributed by atoms with Crippen LogP contribution < -0.4 is 5.56 Å². The number of halogens is 3. The van der Waals surface area contributed by atoms with Crippen molar-refractivity contribution in [1.29, 1.82) is 0 Å². The summed E-state index contributed by atoms with van der Waals surface area (Å²) in [6.45, 7) is 7.33. The second-order valence-corrected chi connectivity index (χ2v) is 7.48. The second kappa shape index (κ2) is 7.17. The highest BCUT2D eigenvalue weighted by molar-refractivity contribution is 5.94. The van der Waals surface area contributed by atoms with E-state index < -0.39 is 23.2 Å². The monoisotopic (exact) mass is 381 g/mol. The lowest BCUT2D eigenvalue weighted by atomic mass is 9.95. The van der Waals surface area contributed by atoms with Crippen LogP contribution in [0.1, 0.15) is 53.8 Å². The normalized spacial score (nSPS) is 12.1. The van der Waals surface area contributed by atoms with Gasteiger partial charge in [-0.15, -0.1) is 0 Å². The molecular formula is C19H22F3N3O2. The van der Waals surface area contributed by atoms with E-state index in [1.807, 2.05) is 20.8 Å². The zero-order valence-corrected chi connectivity index (χ0v) is 15.9. The van der Waals surface area contributed by atoms with Gasteiger partial charge in [-0.1, -0.05) is 32.9 Å². The molecule has 1 heterocycles. The number of amides is 1. The third-order valence-electron chi connectivity index (χ3n) is 4.07. The molecule has 146 valence electrons. The number of aromatic nitrogens is 2. The summed E-state index contributed by atoms with van der Waals surface area (Å²) in [6, 6.07) is 4.55.